The normalized spacial score (nSPS) is 18.1. The largest absolute Gasteiger partial charge is 0.513 e. The van der Waals surface area contributed by atoms with Gasteiger partial charge in [-0.25, -0.2) is 0 Å². The zero-order valence-corrected chi connectivity index (χ0v) is 11.5. The lowest BCUT2D eigenvalue weighted by Gasteiger charge is -2.09. The molecule has 1 aromatic carbocycles. The zero-order chi connectivity index (χ0) is 12.1. The molecule has 0 spiro atoms. The van der Waals surface area contributed by atoms with Crippen LogP contribution in [0.1, 0.15) is 18.9 Å². The van der Waals surface area contributed by atoms with E-state index in [-0.39, 0.29) is 0 Å². The molecule has 0 amide bonds. The number of rotatable bonds is 2. The molecule has 1 heterocycles. The van der Waals surface area contributed by atoms with Crippen molar-refractivity contribution in [3.8, 4) is 0 Å². The summed E-state index contributed by atoms with van der Waals surface area (Å²) in [5.41, 5.74) is 1.25. The molecule has 1 aliphatic heterocycles. The molecule has 0 atom stereocenters. The molecule has 1 aromatic rings. The molecule has 1 nitrogen and oxygen atoms in total. The summed E-state index contributed by atoms with van der Waals surface area (Å²) in [4.78, 5) is 2.49. The molecular weight excluding hydrogens is 248 g/mol. The van der Waals surface area contributed by atoms with Crippen LogP contribution in [0, 0.1) is 0 Å². The van der Waals surface area contributed by atoms with Gasteiger partial charge in [-0.3, -0.25) is 0 Å². The van der Waals surface area contributed by atoms with Crippen molar-refractivity contribution in [2.45, 2.75) is 13.3 Å². The van der Waals surface area contributed by atoms with E-state index in [2.05, 4.69) is 24.3 Å². The molecular formula is C14H16OS2. The molecule has 0 fully saturated rings. The molecule has 0 saturated carbocycles. The molecule has 90 valence electrons. The van der Waals surface area contributed by atoms with E-state index in [1.54, 1.807) is 6.92 Å². The van der Waals surface area contributed by atoms with Crippen LogP contribution in [0.25, 0.3) is 4.91 Å². The number of benzene rings is 1. The predicted octanol–water partition coefficient (Wildman–Crippen LogP) is 4.69. The average molecular weight is 264 g/mol. The van der Waals surface area contributed by atoms with Crippen LogP contribution < -0.4 is 0 Å². The summed E-state index contributed by atoms with van der Waals surface area (Å²) in [6.45, 7) is 1.73. The van der Waals surface area contributed by atoms with Gasteiger partial charge >= 0.3 is 0 Å². The van der Waals surface area contributed by atoms with Crippen LogP contribution in [0.5, 0.6) is 0 Å². The Kier molecular flexibility index (Phi) is 4.63. The molecule has 0 radical (unpaired) electrons. The summed E-state index contributed by atoms with van der Waals surface area (Å²) in [6.07, 6.45) is 3.10. The van der Waals surface area contributed by atoms with Crippen LogP contribution in [-0.4, -0.2) is 16.6 Å². The quantitative estimate of drug-likeness (QED) is 0.783. The molecule has 1 N–H and O–H groups in total. The third kappa shape index (κ3) is 3.58. The maximum absolute atomic E-state index is 9.47. The Bertz CT molecular complexity index is 431. The van der Waals surface area contributed by atoms with Gasteiger partial charge in [0.1, 0.15) is 0 Å². The third-order valence-electron chi connectivity index (χ3n) is 2.39. The van der Waals surface area contributed by atoms with Crippen molar-refractivity contribution in [1.29, 1.82) is 0 Å². The lowest BCUT2D eigenvalue weighted by atomic mass is 10.2. The molecule has 0 aromatic heterocycles. The van der Waals surface area contributed by atoms with E-state index in [4.69, 9.17) is 0 Å². The monoisotopic (exact) mass is 264 g/mol. The first-order chi connectivity index (χ1) is 8.27. The SMILES string of the molecule is C/C(O)=C/C1=C(c2ccccc2)SCCCS1. The van der Waals surface area contributed by atoms with E-state index >= 15 is 0 Å². The summed E-state index contributed by atoms with van der Waals surface area (Å²) < 4.78 is 0. The zero-order valence-electron chi connectivity index (χ0n) is 9.85. The van der Waals surface area contributed by atoms with E-state index < -0.39 is 0 Å². The fourth-order valence-corrected chi connectivity index (χ4v) is 4.21. The lowest BCUT2D eigenvalue weighted by molar-refractivity contribution is 0.414. The van der Waals surface area contributed by atoms with Crippen LogP contribution in [-0.2, 0) is 0 Å². The van der Waals surface area contributed by atoms with Gasteiger partial charge in [-0.2, -0.15) is 0 Å². The molecule has 0 bridgehead atoms. The second kappa shape index (κ2) is 6.22. The first-order valence-corrected chi connectivity index (χ1v) is 7.67. The van der Waals surface area contributed by atoms with Crippen molar-refractivity contribution < 1.29 is 5.11 Å². The number of aliphatic hydroxyl groups excluding tert-OH is 1. The Labute approximate surface area is 111 Å². The number of hydrogen-bond donors (Lipinski definition) is 1. The van der Waals surface area contributed by atoms with Crippen LogP contribution in [0.2, 0.25) is 0 Å². The van der Waals surface area contributed by atoms with Crippen molar-refractivity contribution in [3.63, 3.8) is 0 Å². The average Bonchev–Trinajstić information content (AvgIpc) is 2.55. The van der Waals surface area contributed by atoms with Crippen molar-refractivity contribution in [3.05, 3.63) is 52.6 Å². The van der Waals surface area contributed by atoms with Gasteiger partial charge in [-0.15, -0.1) is 23.5 Å². The lowest BCUT2D eigenvalue weighted by Crippen LogP contribution is -1.84. The van der Waals surface area contributed by atoms with Gasteiger partial charge in [0, 0.05) is 9.81 Å². The smallest absolute Gasteiger partial charge is 0.0903 e. The second-order valence-corrected chi connectivity index (χ2v) is 6.14. The first kappa shape index (κ1) is 12.7. The van der Waals surface area contributed by atoms with Crippen LogP contribution in [0.4, 0.5) is 0 Å². The van der Waals surface area contributed by atoms with Gasteiger partial charge in [-0.1, -0.05) is 30.3 Å². The van der Waals surface area contributed by atoms with Crippen molar-refractivity contribution >= 4 is 28.4 Å². The number of allylic oxidation sites excluding steroid dienone is 2. The Balaban J connectivity index is 2.42. The van der Waals surface area contributed by atoms with E-state index in [1.165, 1.54) is 21.8 Å². The van der Waals surface area contributed by atoms with Gasteiger partial charge in [0.2, 0.25) is 0 Å². The highest BCUT2D eigenvalue weighted by atomic mass is 32.2. The Morgan fingerprint density at radius 2 is 1.88 bits per heavy atom. The molecule has 17 heavy (non-hydrogen) atoms. The standard InChI is InChI=1S/C14H16OS2/c1-11(15)10-13-14(17-9-5-8-16-13)12-6-3-2-4-7-12/h2-4,6-7,10,15H,5,8-9H2,1H3/b11-10-. The maximum atomic E-state index is 9.47. The minimum absolute atomic E-state index is 0.378. The summed E-state index contributed by atoms with van der Waals surface area (Å²) in [5, 5.41) is 9.47. The molecule has 2 rings (SSSR count). The number of aliphatic hydroxyl groups is 1. The summed E-state index contributed by atoms with van der Waals surface area (Å²) in [7, 11) is 0. The van der Waals surface area contributed by atoms with Crippen molar-refractivity contribution in [1.82, 2.24) is 0 Å². The number of thioether (sulfide) groups is 2. The highest BCUT2D eigenvalue weighted by molar-refractivity contribution is 8.11. The maximum Gasteiger partial charge on any atom is 0.0903 e. The van der Waals surface area contributed by atoms with Gasteiger partial charge < -0.3 is 5.11 Å². The minimum atomic E-state index is 0.378. The van der Waals surface area contributed by atoms with Gasteiger partial charge in [0.25, 0.3) is 0 Å². The van der Waals surface area contributed by atoms with E-state index in [1.807, 2.05) is 35.7 Å². The van der Waals surface area contributed by atoms with Gasteiger partial charge in [0.05, 0.1) is 5.76 Å². The summed E-state index contributed by atoms with van der Waals surface area (Å²) in [6, 6.07) is 10.4. The van der Waals surface area contributed by atoms with E-state index in [9.17, 15) is 5.11 Å². The van der Waals surface area contributed by atoms with Crippen molar-refractivity contribution in [2.24, 2.45) is 0 Å². The molecule has 0 aliphatic carbocycles. The first-order valence-electron chi connectivity index (χ1n) is 5.70. The Morgan fingerprint density at radius 1 is 1.18 bits per heavy atom. The molecule has 0 unspecified atom stereocenters. The summed E-state index contributed by atoms with van der Waals surface area (Å²) in [5.74, 6) is 2.66. The summed E-state index contributed by atoms with van der Waals surface area (Å²) >= 11 is 3.73. The second-order valence-electron chi connectivity index (χ2n) is 3.90. The van der Waals surface area contributed by atoms with Crippen LogP contribution in [0.15, 0.2) is 47.1 Å². The highest BCUT2D eigenvalue weighted by Crippen LogP contribution is 2.40. The van der Waals surface area contributed by atoms with Gasteiger partial charge in [-0.05, 0) is 36.5 Å². The van der Waals surface area contributed by atoms with Crippen molar-refractivity contribution in [2.75, 3.05) is 11.5 Å². The predicted molar refractivity (Wildman–Crippen MR) is 79.3 cm³/mol. The number of hydrogen-bond acceptors (Lipinski definition) is 3. The topological polar surface area (TPSA) is 20.2 Å². The van der Waals surface area contributed by atoms with E-state index in [0.717, 1.165) is 11.5 Å². The minimum Gasteiger partial charge on any atom is -0.513 e. The van der Waals surface area contributed by atoms with Gasteiger partial charge in [0.15, 0.2) is 0 Å². The molecule has 0 saturated heterocycles. The van der Waals surface area contributed by atoms with Crippen LogP contribution in [0.3, 0.4) is 0 Å². The highest BCUT2D eigenvalue weighted by Gasteiger charge is 2.12. The third-order valence-corrected chi connectivity index (χ3v) is 4.88. The van der Waals surface area contributed by atoms with E-state index in [0.29, 0.717) is 5.76 Å². The fraction of sp³-hybridized carbons (Fsp3) is 0.286. The molecule has 1 aliphatic rings. The Hall–Kier alpha value is -0.800. The Morgan fingerprint density at radius 3 is 2.59 bits per heavy atom. The molecule has 3 heteroatoms. The fourth-order valence-electron chi connectivity index (χ4n) is 1.66. The van der Waals surface area contributed by atoms with Crippen LogP contribution >= 0.6 is 23.5 Å².